The molecule has 2 atom stereocenters. The Bertz CT molecular complexity index is 791. The maximum Gasteiger partial charge on any atom is 0.320 e. The van der Waals surface area contributed by atoms with Crippen LogP contribution in [0.3, 0.4) is 0 Å². The zero-order valence-electron chi connectivity index (χ0n) is 18.5. The van der Waals surface area contributed by atoms with E-state index < -0.39 is 36.0 Å². The number of rotatable bonds is 10. The molecule has 0 saturated heterocycles. The number of hydrogen-bond donors (Lipinski definition) is 4. The van der Waals surface area contributed by atoms with Gasteiger partial charge in [-0.05, 0) is 25.0 Å². The van der Waals surface area contributed by atoms with Crippen molar-refractivity contribution in [2.45, 2.75) is 50.9 Å². The van der Waals surface area contributed by atoms with Crippen LogP contribution in [-0.4, -0.2) is 97.5 Å². The van der Waals surface area contributed by atoms with Crippen LogP contribution < -0.4 is 0 Å². The average Bonchev–Trinajstić information content (AvgIpc) is 2.71. The fraction of sp³-hybridized carbons (Fsp3) is 0.571. The van der Waals surface area contributed by atoms with Crippen molar-refractivity contribution >= 4 is 23.9 Å². The van der Waals surface area contributed by atoms with Gasteiger partial charge >= 0.3 is 23.9 Å². The molecule has 1 aliphatic rings. The molecule has 2 bridgehead atoms. The first-order valence-corrected chi connectivity index (χ1v) is 10.6. The Hall–Kier alpha value is -2.57. The van der Waals surface area contributed by atoms with Gasteiger partial charge in [0.15, 0.2) is 0 Å². The molecule has 189 valence electrons. The fourth-order valence-electron chi connectivity index (χ4n) is 3.72. The fourth-order valence-corrected chi connectivity index (χ4v) is 3.72. The molecule has 0 aliphatic carbocycles. The van der Waals surface area contributed by atoms with Crippen molar-refractivity contribution in [3.8, 4) is 0 Å². The summed E-state index contributed by atoms with van der Waals surface area (Å²) in [5.74, 6) is -4.42. The van der Waals surface area contributed by atoms with Crippen LogP contribution in [-0.2, 0) is 54.1 Å². The molecule has 2 heterocycles. The van der Waals surface area contributed by atoms with Crippen molar-refractivity contribution in [2.24, 2.45) is 0 Å². The topological polar surface area (TPSA) is 178 Å². The zero-order chi connectivity index (χ0) is 24.4. The van der Waals surface area contributed by atoms with Crippen LogP contribution in [0, 0.1) is 0 Å². The number of pyridine rings is 1. The second-order valence-corrected chi connectivity index (χ2v) is 7.75. The zero-order valence-corrected chi connectivity index (χ0v) is 19.7. The van der Waals surface area contributed by atoms with Crippen molar-refractivity contribution in [2.75, 3.05) is 26.3 Å². The summed E-state index contributed by atoms with van der Waals surface area (Å²) < 4.78 is 5.62. The minimum absolute atomic E-state index is 0. The monoisotopic (exact) mass is 522 g/mol. The van der Waals surface area contributed by atoms with Gasteiger partial charge in [-0.25, -0.2) is 0 Å². The van der Waals surface area contributed by atoms with Gasteiger partial charge in [0.25, 0.3) is 0 Å². The van der Waals surface area contributed by atoms with Crippen LogP contribution in [0.4, 0.5) is 0 Å². The van der Waals surface area contributed by atoms with Gasteiger partial charge in [0.2, 0.25) is 0 Å². The van der Waals surface area contributed by atoms with E-state index in [1.54, 1.807) is 28.0 Å². The molecule has 2 unspecified atom stereocenters. The first kappa shape index (κ1) is 29.5. The summed E-state index contributed by atoms with van der Waals surface area (Å²) in [6, 6.07) is 3.10. The van der Waals surface area contributed by atoms with Crippen LogP contribution >= 0.6 is 0 Å². The maximum atomic E-state index is 11.8. The van der Waals surface area contributed by atoms with Gasteiger partial charge in [-0.1, -0.05) is 6.07 Å². The van der Waals surface area contributed by atoms with Crippen LogP contribution in [0.1, 0.15) is 37.1 Å². The minimum Gasteiger partial charge on any atom is -0.481 e. The normalized spacial score (nSPS) is 17.3. The molecule has 12 nitrogen and oxygen atoms in total. The summed E-state index contributed by atoms with van der Waals surface area (Å²) in [6.45, 7) is 1.02. The Morgan fingerprint density at radius 2 is 1.24 bits per heavy atom. The number of carboxylic acids is 4. The molecule has 0 aromatic carbocycles. The van der Waals surface area contributed by atoms with Gasteiger partial charge in [0.05, 0.1) is 24.6 Å². The molecule has 1 aromatic rings. The van der Waals surface area contributed by atoms with Crippen molar-refractivity contribution in [3.05, 3.63) is 29.6 Å². The Kier molecular flexibility index (Phi) is 12.7. The molecule has 1 aromatic heterocycles. The maximum absolute atomic E-state index is 11.8. The number of ether oxygens (including phenoxy) is 1. The van der Waals surface area contributed by atoms with Gasteiger partial charge < -0.3 is 25.2 Å². The van der Waals surface area contributed by atoms with E-state index in [0.29, 0.717) is 11.4 Å². The molecule has 0 fully saturated rings. The third kappa shape index (κ3) is 9.74. The number of hydrogen-bond acceptors (Lipinski definition) is 8. The average molecular weight is 522 g/mol. The predicted octanol–water partition coefficient (Wildman–Crippen LogP) is 0.349. The number of nitrogens with zero attached hydrogens (tertiary/aromatic N) is 3. The quantitative estimate of drug-likeness (QED) is 0.311. The SMILES string of the molecule is O=C(O)CCC(C(=O)O)N1CCOCCN(C(CCC(=O)O)C(=O)O)Cc2cccc(n2)C1.[Mn]. The van der Waals surface area contributed by atoms with Crippen LogP contribution in [0.25, 0.3) is 0 Å². The minimum atomic E-state index is -1.13. The summed E-state index contributed by atoms with van der Waals surface area (Å²) >= 11 is 0. The van der Waals surface area contributed by atoms with E-state index in [1.165, 1.54) is 0 Å². The van der Waals surface area contributed by atoms with Gasteiger partial charge in [-0.3, -0.25) is 34.0 Å². The Balaban J connectivity index is 0.00000578. The molecule has 0 spiro atoms. The van der Waals surface area contributed by atoms with E-state index in [9.17, 15) is 29.4 Å². The van der Waals surface area contributed by atoms with Gasteiger partial charge in [-0.15, -0.1) is 0 Å². The molecule has 0 saturated carbocycles. The number of fused-ring (bicyclic) bond motifs is 2. The van der Waals surface area contributed by atoms with Gasteiger partial charge in [0, 0.05) is 56.1 Å². The van der Waals surface area contributed by atoms with E-state index in [-0.39, 0.29) is 82.1 Å². The van der Waals surface area contributed by atoms with Crippen LogP contribution in [0.2, 0.25) is 0 Å². The van der Waals surface area contributed by atoms with Crippen molar-refractivity contribution < 1.29 is 61.4 Å². The summed E-state index contributed by atoms with van der Waals surface area (Å²) in [5, 5.41) is 37.2. The summed E-state index contributed by atoms with van der Waals surface area (Å²) in [5.41, 5.74) is 1.10. The van der Waals surface area contributed by atoms with E-state index >= 15 is 0 Å². The second-order valence-electron chi connectivity index (χ2n) is 7.75. The first-order valence-electron chi connectivity index (χ1n) is 10.6. The van der Waals surface area contributed by atoms with Crippen molar-refractivity contribution in [3.63, 3.8) is 0 Å². The molecule has 34 heavy (non-hydrogen) atoms. The first-order chi connectivity index (χ1) is 15.7. The number of carbonyl (C=O) groups is 4. The van der Waals surface area contributed by atoms with E-state index in [4.69, 9.17) is 14.9 Å². The Morgan fingerprint density at radius 1 is 0.824 bits per heavy atom. The number of carboxylic acid groups (broad SMARTS) is 4. The van der Waals surface area contributed by atoms with E-state index in [1.807, 2.05) is 0 Å². The third-order valence-electron chi connectivity index (χ3n) is 5.36. The van der Waals surface area contributed by atoms with Crippen LogP contribution in [0.15, 0.2) is 18.2 Å². The molecule has 4 N–H and O–H groups in total. The van der Waals surface area contributed by atoms with Crippen molar-refractivity contribution in [1.82, 2.24) is 14.8 Å². The smallest absolute Gasteiger partial charge is 0.320 e. The molecule has 1 aliphatic heterocycles. The summed E-state index contributed by atoms with van der Waals surface area (Å²) in [7, 11) is 0. The number of aromatic nitrogens is 1. The van der Waals surface area contributed by atoms with E-state index in [2.05, 4.69) is 4.98 Å². The Morgan fingerprint density at radius 3 is 1.59 bits per heavy atom. The molecular formula is C21H29MnN3O9. The molecule has 13 heteroatoms. The van der Waals surface area contributed by atoms with E-state index in [0.717, 1.165) is 0 Å². The Labute approximate surface area is 207 Å². The third-order valence-corrected chi connectivity index (χ3v) is 5.36. The summed E-state index contributed by atoms with van der Waals surface area (Å²) in [6.07, 6.45) is -0.711. The van der Waals surface area contributed by atoms with Crippen LogP contribution in [0.5, 0.6) is 0 Å². The standard InChI is InChI=1S/C21H29N3O9.Mn/c25-18(26)6-4-16(20(29)30)23-8-10-33-11-9-24(17(21(31)32)5-7-19(27)28)13-15-3-1-2-14(12-23)22-15;/h1-3,16-17H,4-13H2,(H,25,26)(H,27,28)(H,29,30)(H,31,32);. The second kappa shape index (κ2) is 14.6. The van der Waals surface area contributed by atoms with Gasteiger partial charge in [0.1, 0.15) is 12.1 Å². The summed E-state index contributed by atoms with van der Waals surface area (Å²) in [4.78, 5) is 53.3. The molecule has 0 amide bonds. The molecule has 1 radical (unpaired) electrons. The molecule has 2 rings (SSSR count). The largest absolute Gasteiger partial charge is 0.481 e. The van der Waals surface area contributed by atoms with Crippen molar-refractivity contribution in [1.29, 1.82) is 0 Å². The predicted molar refractivity (Wildman–Crippen MR) is 112 cm³/mol. The van der Waals surface area contributed by atoms with Gasteiger partial charge in [-0.2, -0.15) is 0 Å². The molecular weight excluding hydrogens is 493 g/mol. The number of aliphatic carboxylic acids is 4.